The molecule has 4 rings (SSSR count). The molecule has 0 saturated carbocycles. The fourth-order valence-electron chi connectivity index (χ4n) is 5.40. The zero-order valence-electron chi connectivity index (χ0n) is 26.5. The molecule has 45 heavy (non-hydrogen) atoms. The van der Waals surface area contributed by atoms with Gasteiger partial charge in [0.1, 0.15) is 5.75 Å². The number of esters is 1. The van der Waals surface area contributed by atoms with Crippen molar-refractivity contribution in [1.82, 2.24) is 10.3 Å². The van der Waals surface area contributed by atoms with Crippen LogP contribution >= 0.6 is 0 Å². The van der Waals surface area contributed by atoms with E-state index in [0.717, 1.165) is 33.5 Å². The number of Topliss-reactive ketones (excluding diaryl/α,β-unsaturated/α-hetero) is 1. The number of aliphatic imine (C=N–C) groups is 1. The van der Waals surface area contributed by atoms with E-state index in [0.29, 0.717) is 25.8 Å². The van der Waals surface area contributed by atoms with Crippen molar-refractivity contribution < 1.29 is 29.3 Å². The molecule has 1 unspecified atom stereocenters. The summed E-state index contributed by atoms with van der Waals surface area (Å²) >= 11 is 0. The predicted octanol–water partition coefficient (Wildman–Crippen LogP) is 5.32. The zero-order valence-corrected chi connectivity index (χ0v) is 26.5. The first kappa shape index (κ1) is 33.5. The van der Waals surface area contributed by atoms with Gasteiger partial charge in [0, 0.05) is 48.0 Å². The Kier molecular flexibility index (Phi) is 11.2. The molecule has 2 heterocycles. The average molecular weight is 614 g/mol. The number of benzene rings is 2. The van der Waals surface area contributed by atoms with Crippen LogP contribution in [0.2, 0.25) is 0 Å². The van der Waals surface area contributed by atoms with E-state index in [9.17, 15) is 24.6 Å². The summed E-state index contributed by atoms with van der Waals surface area (Å²) in [6, 6.07) is 14.6. The SMILES string of the molecule is CCOC(=O)C[C@H](CC(=O)CNC(=O)c1cc(O)cc(CC2=NCC(O)CC2)c1)c1cc(-c2cccnc2)cc(C(C)(C)C)c1. The Morgan fingerprint density at radius 3 is 2.53 bits per heavy atom. The van der Waals surface area contributed by atoms with Crippen LogP contribution in [0, 0.1) is 0 Å². The topological polar surface area (TPSA) is 138 Å². The molecule has 3 aromatic rings. The van der Waals surface area contributed by atoms with Crippen LogP contribution in [0.15, 0.2) is 65.9 Å². The first-order chi connectivity index (χ1) is 21.4. The van der Waals surface area contributed by atoms with E-state index in [2.05, 4.69) is 42.1 Å². The van der Waals surface area contributed by atoms with Crippen LogP contribution < -0.4 is 5.32 Å². The van der Waals surface area contributed by atoms with Crippen molar-refractivity contribution in [2.24, 2.45) is 4.99 Å². The van der Waals surface area contributed by atoms with Crippen molar-refractivity contribution in [3.63, 3.8) is 0 Å². The number of carbonyl (C=O) groups is 3. The Morgan fingerprint density at radius 2 is 1.87 bits per heavy atom. The molecule has 0 aliphatic carbocycles. The lowest BCUT2D eigenvalue weighted by Gasteiger charge is -2.24. The van der Waals surface area contributed by atoms with Gasteiger partial charge in [0.05, 0.1) is 32.2 Å². The number of hydrogen-bond donors (Lipinski definition) is 3. The van der Waals surface area contributed by atoms with Gasteiger partial charge in [-0.05, 0) is 71.7 Å². The summed E-state index contributed by atoms with van der Waals surface area (Å²) in [5.41, 5.74) is 5.43. The molecule has 2 atom stereocenters. The summed E-state index contributed by atoms with van der Waals surface area (Å²) in [5.74, 6) is -1.64. The van der Waals surface area contributed by atoms with E-state index < -0.39 is 23.9 Å². The lowest BCUT2D eigenvalue weighted by molar-refractivity contribution is -0.143. The van der Waals surface area contributed by atoms with E-state index in [1.165, 1.54) is 6.07 Å². The molecule has 0 bridgehead atoms. The maximum atomic E-state index is 13.3. The van der Waals surface area contributed by atoms with E-state index >= 15 is 0 Å². The number of amides is 1. The van der Waals surface area contributed by atoms with Crippen molar-refractivity contribution in [3.05, 3.63) is 83.2 Å². The van der Waals surface area contributed by atoms with Crippen molar-refractivity contribution in [2.45, 2.75) is 77.2 Å². The Hall–Kier alpha value is -4.37. The summed E-state index contributed by atoms with van der Waals surface area (Å²) < 4.78 is 5.25. The number of aliphatic hydroxyl groups excluding tert-OH is 1. The minimum atomic E-state index is -0.489. The quantitative estimate of drug-likeness (QED) is 0.235. The van der Waals surface area contributed by atoms with Crippen LogP contribution in [-0.4, -0.2) is 64.4 Å². The van der Waals surface area contributed by atoms with Crippen molar-refractivity contribution >= 4 is 23.4 Å². The largest absolute Gasteiger partial charge is 0.508 e. The van der Waals surface area contributed by atoms with Crippen LogP contribution in [0.3, 0.4) is 0 Å². The Balaban J connectivity index is 1.51. The molecule has 1 aliphatic rings. The minimum Gasteiger partial charge on any atom is -0.508 e. The Bertz CT molecular complexity index is 1540. The molecule has 1 aliphatic heterocycles. The van der Waals surface area contributed by atoms with Gasteiger partial charge in [-0.25, -0.2) is 0 Å². The number of ketones is 1. The highest BCUT2D eigenvalue weighted by molar-refractivity contribution is 5.98. The van der Waals surface area contributed by atoms with Crippen molar-refractivity contribution in [1.29, 1.82) is 0 Å². The van der Waals surface area contributed by atoms with Gasteiger partial charge < -0.3 is 20.3 Å². The number of carbonyl (C=O) groups excluding carboxylic acids is 3. The number of nitrogens with one attached hydrogen (secondary N) is 1. The van der Waals surface area contributed by atoms with E-state index in [4.69, 9.17) is 4.74 Å². The van der Waals surface area contributed by atoms with Gasteiger partial charge in [-0.1, -0.05) is 45.0 Å². The number of ether oxygens (including phenoxy) is 1. The molecule has 2 aromatic carbocycles. The number of hydrogen-bond acceptors (Lipinski definition) is 8. The third-order valence-corrected chi connectivity index (χ3v) is 7.87. The highest BCUT2D eigenvalue weighted by atomic mass is 16.5. The molecular weight excluding hydrogens is 570 g/mol. The van der Waals surface area contributed by atoms with E-state index in [-0.39, 0.29) is 48.5 Å². The predicted molar refractivity (Wildman–Crippen MR) is 174 cm³/mol. The fourth-order valence-corrected chi connectivity index (χ4v) is 5.40. The van der Waals surface area contributed by atoms with Crippen LogP contribution in [0.25, 0.3) is 11.1 Å². The molecule has 0 saturated heterocycles. The monoisotopic (exact) mass is 613 g/mol. The summed E-state index contributed by atoms with van der Waals surface area (Å²) in [4.78, 5) is 47.7. The Morgan fingerprint density at radius 1 is 1.07 bits per heavy atom. The number of nitrogens with zero attached hydrogens (tertiary/aromatic N) is 2. The second-order valence-electron chi connectivity index (χ2n) is 12.6. The first-order valence-electron chi connectivity index (χ1n) is 15.5. The van der Waals surface area contributed by atoms with Gasteiger partial charge in [0.25, 0.3) is 5.91 Å². The second kappa shape index (κ2) is 15.1. The molecule has 238 valence electrons. The molecule has 9 nitrogen and oxygen atoms in total. The highest BCUT2D eigenvalue weighted by Crippen LogP contribution is 2.34. The van der Waals surface area contributed by atoms with Gasteiger partial charge >= 0.3 is 5.97 Å². The number of aliphatic hydroxyl groups is 1. The summed E-state index contributed by atoms with van der Waals surface area (Å²) in [6.07, 6.45) is 4.86. The standard InChI is InChI=1S/C36H43N3O6/c1-5-45-34(43)19-27(26-14-25(24-7-6-10-37-20-24)15-29(16-26)36(2,3)4)17-33(42)22-39-35(44)28-11-23(13-32(41)18-28)12-30-8-9-31(40)21-38-30/h6-7,10-11,13-16,18,20,27,31,40-41H,5,8-9,12,17,19,21-22H2,1-4H3,(H,39,44)/t27-,31?/m0/s1. The van der Waals surface area contributed by atoms with Crippen LogP contribution in [0.4, 0.5) is 0 Å². The number of aromatic nitrogens is 1. The summed E-state index contributed by atoms with van der Waals surface area (Å²) in [6.45, 7) is 8.43. The van der Waals surface area contributed by atoms with Crippen molar-refractivity contribution in [3.8, 4) is 16.9 Å². The third kappa shape index (κ3) is 9.81. The van der Waals surface area contributed by atoms with Crippen LogP contribution in [0.5, 0.6) is 5.75 Å². The molecule has 1 amide bonds. The first-order valence-corrected chi connectivity index (χ1v) is 15.5. The molecule has 0 fully saturated rings. The molecular formula is C36H43N3O6. The second-order valence-corrected chi connectivity index (χ2v) is 12.6. The highest BCUT2D eigenvalue weighted by Gasteiger charge is 2.25. The Labute approximate surface area is 264 Å². The lowest BCUT2D eigenvalue weighted by Crippen LogP contribution is -2.30. The van der Waals surface area contributed by atoms with Gasteiger partial charge in [-0.2, -0.15) is 0 Å². The van der Waals surface area contributed by atoms with Gasteiger partial charge in [0.15, 0.2) is 5.78 Å². The maximum Gasteiger partial charge on any atom is 0.306 e. The fraction of sp³-hybridized carbons (Fsp3) is 0.417. The van der Waals surface area contributed by atoms with Crippen LogP contribution in [0.1, 0.15) is 86.3 Å². The third-order valence-electron chi connectivity index (χ3n) is 7.87. The number of phenols is 1. The molecule has 1 aromatic heterocycles. The number of phenolic OH excluding ortho intramolecular Hbond substituents is 1. The zero-order chi connectivity index (χ0) is 32.6. The smallest absolute Gasteiger partial charge is 0.306 e. The summed E-state index contributed by atoms with van der Waals surface area (Å²) in [5, 5.41) is 22.7. The van der Waals surface area contributed by atoms with Crippen molar-refractivity contribution in [2.75, 3.05) is 19.7 Å². The summed E-state index contributed by atoms with van der Waals surface area (Å²) in [7, 11) is 0. The normalized spacial score (nSPS) is 15.6. The molecule has 9 heteroatoms. The lowest BCUT2D eigenvalue weighted by atomic mass is 9.81. The molecule has 0 radical (unpaired) electrons. The molecule has 3 N–H and O–H groups in total. The number of rotatable bonds is 12. The van der Waals surface area contributed by atoms with Gasteiger partial charge in [0.2, 0.25) is 0 Å². The number of aromatic hydroxyl groups is 1. The van der Waals surface area contributed by atoms with E-state index in [1.54, 1.807) is 31.5 Å². The van der Waals surface area contributed by atoms with Gasteiger partial charge in [-0.15, -0.1) is 0 Å². The van der Waals surface area contributed by atoms with Crippen LogP contribution in [-0.2, 0) is 26.2 Å². The van der Waals surface area contributed by atoms with Gasteiger partial charge in [-0.3, -0.25) is 24.4 Å². The number of pyridine rings is 1. The minimum absolute atomic E-state index is 0.0183. The maximum absolute atomic E-state index is 13.3. The average Bonchev–Trinajstić information content (AvgIpc) is 3.00. The van der Waals surface area contributed by atoms with E-state index in [1.807, 2.05) is 24.3 Å². The molecule has 0 spiro atoms.